The van der Waals surface area contributed by atoms with Crippen LogP contribution in [0, 0.1) is 0 Å². The van der Waals surface area contributed by atoms with Gasteiger partial charge in [0.1, 0.15) is 5.82 Å². The van der Waals surface area contributed by atoms with Gasteiger partial charge in [-0.3, -0.25) is 0 Å². The highest BCUT2D eigenvalue weighted by atomic mass is 32.2. The van der Waals surface area contributed by atoms with Gasteiger partial charge >= 0.3 is 0 Å². The fourth-order valence-electron chi connectivity index (χ4n) is 2.32. The summed E-state index contributed by atoms with van der Waals surface area (Å²) in [5, 5.41) is 14.2. The molecule has 2 N–H and O–H groups in total. The summed E-state index contributed by atoms with van der Waals surface area (Å²) in [6, 6.07) is 0.498. The highest BCUT2D eigenvalue weighted by Crippen LogP contribution is 2.28. The average molecular weight is 267 g/mol. The second-order valence-corrected chi connectivity index (χ2v) is 5.48. The molecule has 1 atom stereocenters. The molecule has 0 radical (unpaired) electrons. The van der Waals surface area contributed by atoms with Crippen LogP contribution in [-0.2, 0) is 0 Å². The Kier molecular flexibility index (Phi) is 4.83. The molecule has 1 aromatic heterocycles. The molecule has 100 valence electrons. The number of aromatic nitrogens is 2. The maximum Gasteiger partial charge on any atom is 0.189 e. The molecule has 1 fully saturated rings. The van der Waals surface area contributed by atoms with E-state index in [2.05, 4.69) is 15.3 Å². The second-order valence-electron chi connectivity index (χ2n) is 4.71. The molecular weight excluding hydrogens is 246 g/mol. The van der Waals surface area contributed by atoms with Crippen LogP contribution in [0.5, 0.6) is 0 Å². The quantitative estimate of drug-likeness (QED) is 0.634. The predicted octanol–water partition coefficient (Wildman–Crippen LogP) is 3.00. The van der Waals surface area contributed by atoms with E-state index in [0.717, 1.165) is 16.5 Å². The Morgan fingerprint density at radius 2 is 2.22 bits per heavy atom. The molecule has 0 bridgehead atoms. The highest BCUT2D eigenvalue weighted by Gasteiger charge is 2.19. The topological polar surface area (TPSA) is 58.0 Å². The molecule has 1 aliphatic carbocycles. The van der Waals surface area contributed by atoms with E-state index in [1.165, 1.54) is 37.4 Å². The third kappa shape index (κ3) is 3.14. The van der Waals surface area contributed by atoms with Gasteiger partial charge in [0, 0.05) is 17.8 Å². The number of anilines is 1. The van der Waals surface area contributed by atoms with Gasteiger partial charge in [0.15, 0.2) is 5.16 Å². The maximum atomic E-state index is 10.0. The summed E-state index contributed by atoms with van der Waals surface area (Å²) in [4.78, 5) is 8.76. The molecule has 2 rings (SSSR count). The first-order valence-corrected chi connectivity index (χ1v) is 7.82. The van der Waals surface area contributed by atoms with Crippen LogP contribution in [0.15, 0.2) is 11.4 Å². The van der Waals surface area contributed by atoms with Crippen molar-refractivity contribution in [1.29, 1.82) is 0 Å². The second kappa shape index (κ2) is 6.38. The van der Waals surface area contributed by atoms with E-state index in [-0.39, 0.29) is 0 Å². The van der Waals surface area contributed by atoms with Gasteiger partial charge in [-0.1, -0.05) is 31.5 Å². The van der Waals surface area contributed by atoms with Crippen molar-refractivity contribution in [2.45, 2.75) is 56.3 Å². The van der Waals surface area contributed by atoms with Gasteiger partial charge in [0.25, 0.3) is 0 Å². The van der Waals surface area contributed by atoms with Gasteiger partial charge in [-0.2, -0.15) is 0 Å². The Hall–Kier alpha value is -0.810. The molecule has 1 saturated carbocycles. The van der Waals surface area contributed by atoms with Gasteiger partial charge in [-0.15, -0.1) is 0 Å². The largest absolute Gasteiger partial charge is 0.388 e. The molecule has 0 amide bonds. The minimum absolute atomic E-state index is 0.482. The van der Waals surface area contributed by atoms with Crippen LogP contribution in [-0.4, -0.2) is 27.4 Å². The molecule has 0 aliphatic heterocycles. The van der Waals surface area contributed by atoms with E-state index in [1.54, 1.807) is 6.20 Å². The van der Waals surface area contributed by atoms with Crippen LogP contribution in [0.3, 0.4) is 0 Å². The zero-order chi connectivity index (χ0) is 13.0. The van der Waals surface area contributed by atoms with Gasteiger partial charge < -0.3 is 10.4 Å². The van der Waals surface area contributed by atoms with E-state index in [4.69, 9.17) is 0 Å². The van der Waals surface area contributed by atoms with E-state index < -0.39 is 6.10 Å². The van der Waals surface area contributed by atoms with Crippen molar-refractivity contribution in [1.82, 2.24) is 9.97 Å². The number of hydrogen-bond donors (Lipinski definition) is 2. The van der Waals surface area contributed by atoms with Crippen LogP contribution in [0.2, 0.25) is 0 Å². The average Bonchev–Trinajstić information content (AvgIpc) is 2.90. The Bertz CT molecular complexity index is 394. The number of hydrogen-bond acceptors (Lipinski definition) is 5. The lowest BCUT2D eigenvalue weighted by Crippen LogP contribution is -2.18. The summed E-state index contributed by atoms with van der Waals surface area (Å²) in [7, 11) is 0. The molecule has 1 aliphatic rings. The standard InChI is InChI=1S/C13H21N3OS/c1-3-11(17)10-8-14-13(18-2)16-12(10)15-9-6-4-5-7-9/h8-9,11,17H,3-7H2,1-2H3,(H,14,15,16). The maximum absolute atomic E-state index is 10.0. The molecule has 0 spiro atoms. The first-order chi connectivity index (χ1) is 8.74. The summed E-state index contributed by atoms with van der Waals surface area (Å²) in [6.45, 7) is 1.96. The third-order valence-corrected chi connectivity index (χ3v) is 3.98. The SMILES string of the molecule is CCC(O)c1cnc(SC)nc1NC1CCCC1. The monoisotopic (exact) mass is 267 g/mol. The number of thioether (sulfide) groups is 1. The molecule has 1 unspecified atom stereocenters. The predicted molar refractivity (Wildman–Crippen MR) is 74.9 cm³/mol. The Balaban J connectivity index is 2.22. The highest BCUT2D eigenvalue weighted by molar-refractivity contribution is 7.98. The molecule has 18 heavy (non-hydrogen) atoms. The molecule has 1 heterocycles. The fourth-order valence-corrected chi connectivity index (χ4v) is 2.66. The Labute approximate surface area is 113 Å². The van der Waals surface area contributed by atoms with Crippen LogP contribution in [0.1, 0.15) is 50.7 Å². The summed E-state index contributed by atoms with van der Waals surface area (Å²) in [5.41, 5.74) is 0.821. The van der Waals surface area contributed by atoms with Crippen molar-refractivity contribution in [3.05, 3.63) is 11.8 Å². The molecule has 0 aromatic carbocycles. The summed E-state index contributed by atoms with van der Waals surface area (Å²) >= 11 is 1.53. The van der Waals surface area contributed by atoms with E-state index >= 15 is 0 Å². The summed E-state index contributed by atoms with van der Waals surface area (Å²) in [6.07, 6.45) is 8.87. The van der Waals surface area contributed by atoms with Crippen LogP contribution in [0.25, 0.3) is 0 Å². The molecule has 0 saturated heterocycles. The third-order valence-electron chi connectivity index (χ3n) is 3.42. The zero-order valence-electron chi connectivity index (χ0n) is 11.0. The molecule has 4 nitrogen and oxygen atoms in total. The van der Waals surface area contributed by atoms with Crippen molar-refractivity contribution in [2.24, 2.45) is 0 Å². The van der Waals surface area contributed by atoms with Crippen molar-refractivity contribution in [2.75, 3.05) is 11.6 Å². The lowest BCUT2D eigenvalue weighted by Gasteiger charge is -2.18. The van der Waals surface area contributed by atoms with Crippen molar-refractivity contribution in [3.63, 3.8) is 0 Å². The summed E-state index contributed by atoms with van der Waals surface area (Å²) in [5.74, 6) is 0.815. The van der Waals surface area contributed by atoms with Crippen molar-refractivity contribution < 1.29 is 5.11 Å². The van der Waals surface area contributed by atoms with Gasteiger partial charge in [-0.05, 0) is 25.5 Å². The fraction of sp³-hybridized carbons (Fsp3) is 0.692. The summed E-state index contributed by atoms with van der Waals surface area (Å²) < 4.78 is 0. The van der Waals surface area contributed by atoms with E-state index in [1.807, 2.05) is 13.2 Å². The lowest BCUT2D eigenvalue weighted by molar-refractivity contribution is 0.173. The Morgan fingerprint density at radius 3 is 2.83 bits per heavy atom. The minimum atomic E-state index is -0.482. The van der Waals surface area contributed by atoms with Gasteiger partial charge in [0.05, 0.1) is 6.10 Å². The van der Waals surface area contributed by atoms with Gasteiger partial charge in [0.2, 0.25) is 0 Å². The smallest absolute Gasteiger partial charge is 0.189 e. The van der Waals surface area contributed by atoms with Crippen LogP contribution >= 0.6 is 11.8 Å². The molecule has 5 heteroatoms. The lowest BCUT2D eigenvalue weighted by atomic mass is 10.1. The first kappa shape index (κ1) is 13.6. The minimum Gasteiger partial charge on any atom is -0.388 e. The van der Waals surface area contributed by atoms with Crippen molar-refractivity contribution in [3.8, 4) is 0 Å². The molecular formula is C13H21N3OS. The van der Waals surface area contributed by atoms with Crippen LogP contribution < -0.4 is 5.32 Å². The van der Waals surface area contributed by atoms with E-state index in [0.29, 0.717) is 12.5 Å². The van der Waals surface area contributed by atoms with Crippen LogP contribution in [0.4, 0.5) is 5.82 Å². The number of rotatable bonds is 5. The normalized spacial score (nSPS) is 17.9. The van der Waals surface area contributed by atoms with Crippen molar-refractivity contribution >= 4 is 17.6 Å². The Morgan fingerprint density at radius 1 is 1.50 bits per heavy atom. The zero-order valence-corrected chi connectivity index (χ0v) is 11.8. The van der Waals surface area contributed by atoms with E-state index in [9.17, 15) is 5.11 Å². The number of nitrogens with one attached hydrogen (secondary N) is 1. The number of nitrogens with zero attached hydrogens (tertiary/aromatic N) is 2. The first-order valence-electron chi connectivity index (χ1n) is 6.60. The molecule has 1 aromatic rings. The number of aliphatic hydroxyl groups is 1. The number of aliphatic hydroxyl groups excluding tert-OH is 1. The van der Waals surface area contributed by atoms with Gasteiger partial charge in [-0.25, -0.2) is 9.97 Å².